The van der Waals surface area contributed by atoms with Crippen molar-refractivity contribution < 1.29 is 4.79 Å². The minimum Gasteiger partial charge on any atom is -0.330 e. The van der Waals surface area contributed by atoms with Gasteiger partial charge in [0.2, 0.25) is 11.0 Å². The highest BCUT2D eigenvalue weighted by molar-refractivity contribution is 8.01. The Kier molecular flexibility index (Phi) is 5.33. The number of hydrogen-bond donors (Lipinski definition) is 2. The number of rotatable bonds is 6. The molecule has 0 aliphatic carbocycles. The van der Waals surface area contributed by atoms with E-state index in [9.17, 15) is 4.79 Å². The molecule has 0 saturated heterocycles. The molecule has 0 atom stereocenters. The van der Waals surface area contributed by atoms with Gasteiger partial charge in [-0.3, -0.25) is 4.79 Å². The zero-order chi connectivity index (χ0) is 18.6. The van der Waals surface area contributed by atoms with Crippen molar-refractivity contribution in [1.82, 2.24) is 15.2 Å². The molecule has 136 valence electrons. The molecule has 0 aliphatic heterocycles. The summed E-state index contributed by atoms with van der Waals surface area (Å²) >= 11 is 4.24. The number of aromatic nitrogens is 3. The van der Waals surface area contributed by atoms with Crippen molar-refractivity contribution in [3.05, 3.63) is 54.1 Å². The number of anilines is 3. The van der Waals surface area contributed by atoms with E-state index in [1.54, 1.807) is 0 Å². The highest BCUT2D eigenvalue weighted by atomic mass is 32.2. The summed E-state index contributed by atoms with van der Waals surface area (Å²) in [5.41, 5.74) is 3.05. The van der Waals surface area contributed by atoms with Gasteiger partial charge in [-0.25, -0.2) is 4.98 Å². The molecule has 0 radical (unpaired) electrons. The fourth-order valence-corrected chi connectivity index (χ4v) is 4.74. The van der Waals surface area contributed by atoms with E-state index >= 15 is 0 Å². The topological polar surface area (TPSA) is 79.8 Å². The van der Waals surface area contributed by atoms with E-state index in [1.165, 1.54) is 40.0 Å². The number of amides is 1. The second-order valence-electron chi connectivity index (χ2n) is 5.69. The predicted octanol–water partition coefficient (Wildman–Crippen LogP) is 4.93. The summed E-state index contributed by atoms with van der Waals surface area (Å²) in [6.07, 6.45) is 0. The van der Waals surface area contributed by atoms with Crippen molar-refractivity contribution >= 4 is 66.5 Å². The summed E-state index contributed by atoms with van der Waals surface area (Å²) in [4.78, 5) is 16.6. The zero-order valence-electron chi connectivity index (χ0n) is 14.3. The number of nitrogens with one attached hydrogen (secondary N) is 2. The van der Waals surface area contributed by atoms with E-state index < -0.39 is 0 Å². The summed E-state index contributed by atoms with van der Waals surface area (Å²) in [6, 6.07) is 15.9. The van der Waals surface area contributed by atoms with Crippen LogP contribution < -0.4 is 10.6 Å². The van der Waals surface area contributed by atoms with Gasteiger partial charge in [-0.2, -0.15) is 0 Å². The Labute approximate surface area is 168 Å². The zero-order valence-corrected chi connectivity index (χ0v) is 16.8. The van der Waals surface area contributed by atoms with Crippen LogP contribution in [0.4, 0.5) is 16.0 Å². The van der Waals surface area contributed by atoms with Crippen molar-refractivity contribution in [2.24, 2.45) is 0 Å². The first kappa shape index (κ1) is 17.9. The van der Waals surface area contributed by atoms with Gasteiger partial charge in [0, 0.05) is 5.69 Å². The third-order valence-corrected chi connectivity index (χ3v) is 6.50. The Bertz CT molecular complexity index is 1040. The number of para-hydroxylation sites is 1. The number of fused-ring (bicyclic) bond motifs is 1. The molecule has 0 aliphatic rings. The summed E-state index contributed by atoms with van der Waals surface area (Å²) in [6.45, 7) is 2.04. The molecule has 9 heteroatoms. The van der Waals surface area contributed by atoms with Crippen molar-refractivity contribution in [2.75, 3.05) is 16.4 Å². The first-order chi connectivity index (χ1) is 13.2. The normalized spacial score (nSPS) is 10.9. The average Bonchev–Trinajstić information content (AvgIpc) is 3.28. The maximum Gasteiger partial charge on any atom is 0.236 e. The highest BCUT2D eigenvalue weighted by Crippen LogP contribution is 2.29. The lowest BCUT2D eigenvalue weighted by atomic mass is 10.2. The van der Waals surface area contributed by atoms with Crippen molar-refractivity contribution in [3.63, 3.8) is 0 Å². The molecule has 2 aromatic carbocycles. The van der Waals surface area contributed by atoms with Crippen molar-refractivity contribution in [1.29, 1.82) is 0 Å². The van der Waals surface area contributed by atoms with Crippen LogP contribution in [0.25, 0.3) is 10.2 Å². The van der Waals surface area contributed by atoms with Gasteiger partial charge in [0.15, 0.2) is 9.47 Å². The van der Waals surface area contributed by atoms with Crippen LogP contribution in [-0.4, -0.2) is 26.8 Å². The monoisotopic (exact) mass is 413 g/mol. The molecule has 6 nitrogen and oxygen atoms in total. The predicted molar refractivity (Wildman–Crippen MR) is 113 cm³/mol. The van der Waals surface area contributed by atoms with Crippen LogP contribution in [-0.2, 0) is 4.79 Å². The van der Waals surface area contributed by atoms with Crippen LogP contribution in [0.5, 0.6) is 0 Å². The highest BCUT2D eigenvalue weighted by Gasteiger charge is 2.11. The maximum atomic E-state index is 12.2. The van der Waals surface area contributed by atoms with E-state index in [1.807, 2.05) is 55.5 Å². The lowest BCUT2D eigenvalue weighted by Gasteiger charge is -2.01. The molecule has 0 saturated carbocycles. The Morgan fingerprint density at radius 3 is 2.67 bits per heavy atom. The number of benzene rings is 2. The van der Waals surface area contributed by atoms with E-state index in [0.29, 0.717) is 10.3 Å². The van der Waals surface area contributed by atoms with Gasteiger partial charge in [-0.05, 0) is 31.2 Å². The molecule has 2 heterocycles. The van der Waals surface area contributed by atoms with E-state index in [4.69, 9.17) is 0 Å². The van der Waals surface area contributed by atoms with Crippen molar-refractivity contribution in [3.8, 4) is 0 Å². The quantitative estimate of drug-likeness (QED) is 0.436. The second kappa shape index (κ2) is 8.03. The molecule has 0 bridgehead atoms. The molecule has 2 aromatic heterocycles. The van der Waals surface area contributed by atoms with E-state index in [0.717, 1.165) is 20.2 Å². The Morgan fingerprint density at radius 2 is 1.85 bits per heavy atom. The van der Waals surface area contributed by atoms with Gasteiger partial charge in [-0.15, -0.1) is 10.2 Å². The van der Waals surface area contributed by atoms with Gasteiger partial charge in [0.25, 0.3) is 0 Å². The number of carbonyl (C=O) groups excluding carboxylic acids is 1. The summed E-state index contributed by atoms with van der Waals surface area (Å²) in [7, 11) is 0. The third-order valence-electron chi connectivity index (χ3n) is 3.58. The van der Waals surface area contributed by atoms with Gasteiger partial charge >= 0.3 is 0 Å². The second-order valence-corrected chi connectivity index (χ2v) is 8.92. The molecular formula is C18H15N5OS3. The molecule has 2 N–H and O–H groups in total. The van der Waals surface area contributed by atoms with Crippen LogP contribution in [0.2, 0.25) is 0 Å². The van der Waals surface area contributed by atoms with Gasteiger partial charge in [-0.1, -0.05) is 64.3 Å². The number of thioether (sulfide) groups is 1. The molecule has 4 aromatic rings. The molecule has 0 spiro atoms. The summed E-state index contributed by atoms with van der Waals surface area (Å²) < 4.78 is 1.79. The van der Waals surface area contributed by atoms with Gasteiger partial charge < -0.3 is 10.6 Å². The minimum absolute atomic E-state index is 0.109. The number of hydrogen-bond acceptors (Lipinski definition) is 8. The number of nitrogens with zero attached hydrogens (tertiary/aromatic N) is 3. The van der Waals surface area contributed by atoms with Gasteiger partial charge in [0.05, 0.1) is 16.0 Å². The fraction of sp³-hybridized carbons (Fsp3) is 0.111. The standard InChI is InChI=1S/C18H15N5OS3/c1-11-6-8-12(9-7-11)19-17-22-23-18(27-17)25-10-15(24)21-16-20-13-4-2-3-5-14(13)26-16/h2-9H,10H2,1H3,(H,19,22)(H,20,21,24). The fourth-order valence-electron chi connectivity index (χ4n) is 2.29. The Morgan fingerprint density at radius 1 is 1.04 bits per heavy atom. The molecule has 1 amide bonds. The number of thiazole rings is 1. The maximum absolute atomic E-state index is 12.2. The Hall–Kier alpha value is -2.49. The summed E-state index contributed by atoms with van der Waals surface area (Å²) in [5, 5.41) is 15.6. The molecular weight excluding hydrogens is 398 g/mol. The van der Waals surface area contributed by atoms with E-state index in [2.05, 4.69) is 25.8 Å². The minimum atomic E-state index is -0.109. The molecule has 4 rings (SSSR count). The summed E-state index contributed by atoms with van der Waals surface area (Å²) in [5.74, 6) is 0.150. The first-order valence-corrected chi connectivity index (χ1v) is 10.7. The smallest absolute Gasteiger partial charge is 0.236 e. The van der Waals surface area contributed by atoms with Crippen LogP contribution >= 0.6 is 34.4 Å². The van der Waals surface area contributed by atoms with Gasteiger partial charge in [0.1, 0.15) is 0 Å². The first-order valence-electron chi connectivity index (χ1n) is 8.11. The molecule has 0 unspecified atom stereocenters. The number of carbonyl (C=O) groups is 1. The van der Waals surface area contributed by atoms with Crippen LogP contribution in [0.1, 0.15) is 5.56 Å². The average molecular weight is 414 g/mol. The van der Waals surface area contributed by atoms with Crippen LogP contribution in [0, 0.1) is 6.92 Å². The van der Waals surface area contributed by atoms with Crippen LogP contribution in [0.15, 0.2) is 52.9 Å². The van der Waals surface area contributed by atoms with Crippen LogP contribution in [0.3, 0.4) is 0 Å². The lowest BCUT2D eigenvalue weighted by Crippen LogP contribution is -2.13. The SMILES string of the molecule is Cc1ccc(Nc2nnc(SCC(=O)Nc3nc4ccccc4s3)s2)cc1. The molecule has 0 fully saturated rings. The number of aryl methyl sites for hydroxylation is 1. The van der Waals surface area contributed by atoms with E-state index in [-0.39, 0.29) is 11.7 Å². The largest absolute Gasteiger partial charge is 0.330 e. The van der Waals surface area contributed by atoms with Crippen molar-refractivity contribution in [2.45, 2.75) is 11.3 Å². The third kappa shape index (κ3) is 4.62. The lowest BCUT2D eigenvalue weighted by molar-refractivity contribution is -0.113. The molecule has 27 heavy (non-hydrogen) atoms. The Balaban J connectivity index is 1.31.